The first-order valence-electron chi connectivity index (χ1n) is 10.6. The molecular weight excluding hydrogens is 409 g/mol. The number of carbonyl (C=O) groups excluding carboxylic acids is 1. The Kier molecular flexibility index (Phi) is 5.74. The van der Waals surface area contributed by atoms with Gasteiger partial charge in [-0.15, -0.1) is 0 Å². The first-order chi connectivity index (χ1) is 15.2. The summed E-state index contributed by atoms with van der Waals surface area (Å²) < 4.78 is 21.7. The summed E-state index contributed by atoms with van der Waals surface area (Å²) in [7, 11) is 0. The van der Waals surface area contributed by atoms with Gasteiger partial charge in [-0.25, -0.2) is 14.2 Å². The fraction of sp³-hybridized carbons (Fsp3) is 0.375. The van der Waals surface area contributed by atoms with Crippen molar-refractivity contribution < 1.29 is 13.9 Å². The summed E-state index contributed by atoms with van der Waals surface area (Å²) in [6.45, 7) is 8.34. The first-order valence-corrected chi connectivity index (χ1v) is 10.6. The van der Waals surface area contributed by atoms with Crippen molar-refractivity contribution in [2.75, 3.05) is 31.1 Å². The highest BCUT2D eigenvalue weighted by Crippen LogP contribution is 2.22. The van der Waals surface area contributed by atoms with E-state index in [-0.39, 0.29) is 6.09 Å². The normalized spacial score (nSPS) is 14.5. The molecular formula is C24H26FN5O2. The minimum Gasteiger partial charge on any atom is -0.444 e. The van der Waals surface area contributed by atoms with E-state index in [0.29, 0.717) is 43.9 Å². The van der Waals surface area contributed by atoms with E-state index in [1.165, 1.54) is 6.07 Å². The summed E-state index contributed by atoms with van der Waals surface area (Å²) in [5.41, 5.74) is 1.05. The van der Waals surface area contributed by atoms with Gasteiger partial charge in [0, 0.05) is 43.3 Å². The zero-order valence-corrected chi connectivity index (χ0v) is 18.5. The molecule has 0 aliphatic carbocycles. The molecule has 0 atom stereocenters. The minimum atomic E-state index is -0.513. The number of carbonyl (C=O) groups is 1. The molecule has 1 amide bonds. The number of fused-ring (bicyclic) bond motifs is 1. The lowest BCUT2D eigenvalue weighted by molar-refractivity contribution is 0.0240. The number of ether oxygens (including phenoxy) is 1. The molecule has 2 aromatic heterocycles. The van der Waals surface area contributed by atoms with Crippen LogP contribution < -0.4 is 4.90 Å². The number of hydrogen-bond donors (Lipinski definition) is 0. The van der Waals surface area contributed by atoms with Crippen molar-refractivity contribution in [3.8, 4) is 6.07 Å². The molecule has 0 saturated carbocycles. The summed E-state index contributed by atoms with van der Waals surface area (Å²) in [4.78, 5) is 21.0. The zero-order valence-electron chi connectivity index (χ0n) is 18.5. The van der Waals surface area contributed by atoms with Crippen LogP contribution in [0, 0.1) is 17.1 Å². The standard InChI is InChI=1S/C24H26FN5O2/c1-24(2,3)32-23(31)29-12-10-28(11-13-29)21-7-6-18-8-9-30(22(18)27-21)16-19-5-4-17(15-26)14-20(19)25/h4-9,14H,10-13,16H2,1-3H3. The van der Waals surface area contributed by atoms with Crippen LogP contribution in [-0.4, -0.2) is 52.3 Å². The number of hydrogen-bond acceptors (Lipinski definition) is 5. The molecule has 1 aromatic carbocycles. The van der Waals surface area contributed by atoms with Gasteiger partial charge in [-0.3, -0.25) is 0 Å². The van der Waals surface area contributed by atoms with Crippen molar-refractivity contribution in [3.63, 3.8) is 0 Å². The average molecular weight is 436 g/mol. The van der Waals surface area contributed by atoms with Gasteiger partial charge in [0.2, 0.25) is 0 Å². The molecule has 1 fully saturated rings. The summed E-state index contributed by atoms with van der Waals surface area (Å²) in [6.07, 6.45) is 1.60. The molecule has 1 aliphatic heterocycles. The summed E-state index contributed by atoms with van der Waals surface area (Å²) in [5, 5.41) is 9.90. The van der Waals surface area contributed by atoms with Crippen LogP contribution in [0.1, 0.15) is 31.9 Å². The Morgan fingerprint density at radius 1 is 1.16 bits per heavy atom. The lowest BCUT2D eigenvalue weighted by Gasteiger charge is -2.36. The number of rotatable bonds is 3. The van der Waals surface area contributed by atoms with E-state index in [1.807, 2.05) is 55.8 Å². The number of anilines is 1. The van der Waals surface area contributed by atoms with E-state index in [2.05, 4.69) is 4.90 Å². The Bertz CT molecular complexity index is 1180. The van der Waals surface area contributed by atoms with Gasteiger partial charge in [0.1, 0.15) is 22.9 Å². The Balaban J connectivity index is 1.49. The van der Waals surface area contributed by atoms with E-state index >= 15 is 0 Å². The van der Waals surface area contributed by atoms with Crippen LogP contribution in [0.25, 0.3) is 11.0 Å². The number of nitrogens with zero attached hydrogens (tertiary/aromatic N) is 5. The van der Waals surface area contributed by atoms with Crippen LogP contribution in [0.3, 0.4) is 0 Å². The van der Waals surface area contributed by atoms with E-state index in [1.54, 1.807) is 17.0 Å². The molecule has 32 heavy (non-hydrogen) atoms. The molecule has 0 bridgehead atoms. The Morgan fingerprint density at radius 2 is 1.91 bits per heavy atom. The third-order valence-electron chi connectivity index (χ3n) is 5.37. The number of halogens is 1. The van der Waals surface area contributed by atoms with Crippen molar-refractivity contribution in [2.24, 2.45) is 0 Å². The Labute approximate surface area is 186 Å². The smallest absolute Gasteiger partial charge is 0.410 e. The molecule has 3 heterocycles. The van der Waals surface area contributed by atoms with Gasteiger partial charge in [-0.1, -0.05) is 6.07 Å². The van der Waals surface area contributed by atoms with Gasteiger partial charge in [-0.05, 0) is 51.1 Å². The Hall–Kier alpha value is -3.60. The molecule has 8 heteroatoms. The molecule has 0 N–H and O–H groups in total. The third-order valence-corrected chi connectivity index (χ3v) is 5.37. The van der Waals surface area contributed by atoms with Crippen LogP contribution in [0.15, 0.2) is 42.6 Å². The van der Waals surface area contributed by atoms with E-state index < -0.39 is 11.4 Å². The highest BCUT2D eigenvalue weighted by molar-refractivity contribution is 5.78. The predicted molar refractivity (Wildman–Crippen MR) is 120 cm³/mol. The molecule has 0 radical (unpaired) electrons. The molecule has 3 aromatic rings. The molecule has 0 unspecified atom stereocenters. The topological polar surface area (TPSA) is 74.4 Å². The van der Waals surface area contributed by atoms with Crippen molar-refractivity contribution in [1.82, 2.24) is 14.5 Å². The van der Waals surface area contributed by atoms with Gasteiger partial charge in [0.05, 0.1) is 18.2 Å². The van der Waals surface area contributed by atoms with Crippen LogP contribution >= 0.6 is 0 Å². The minimum absolute atomic E-state index is 0.293. The maximum absolute atomic E-state index is 14.4. The summed E-state index contributed by atoms with van der Waals surface area (Å²) >= 11 is 0. The second kappa shape index (κ2) is 8.50. The van der Waals surface area contributed by atoms with Gasteiger partial charge in [0.15, 0.2) is 0 Å². The second-order valence-corrected chi connectivity index (χ2v) is 8.90. The summed E-state index contributed by atoms with van der Waals surface area (Å²) in [5.74, 6) is 0.418. The monoisotopic (exact) mass is 435 g/mol. The van der Waals surface area contributed by atoms with Crippen molar-refractivity contribution >= 4 is 22.9 Å². The molecule has 1 aliphatic rings. The number of pyridine rings is 1. The second-order valence-electron chi connectivity index (χ2n) is 8.90. The largest absolute Gasteiger partial charge is 0.444 e. The number of piperazine rings is 1. The van der Waals surface area contributed by atoms with Crippen molar-refractivity contribution in [3.05, 3.63) is 59.5 Å². The fourth-order valence-electron chi connectivity index (χ4n) is 3.73. The number of benzene rings is 1. The lowest BCUT2D eigenvalue weighted by Crippen LogP contribution is -2.50. The van der Waals surface area contributed by atoms with Crippen molar-refractivity contribution in [1.29, 1.82) is 5.26 Å². The average Bonchev–Trinajstić information content (AvgIpc) is 3.16. The molecule has 4 rings (SSSR count). The van der Waals surface area contributed by atoms with Crippen LogP contribution in [0.5, 0.6) is 0 Å². The number of amides is 1. The first kappa shape index (κ1) is 21.6. The maximum atomic E-state index is 14.4. The Morgan fingerprint density at radius 3 is 2.56 bits per heavy atom. The fourth-order valence-corrected chi connectivity index (χ4v) is 3.73. The van der Waals surface area contributed by atoms with Gasteiger partial charge < -0.3 is 19.1 Å². The van der Waals surface area contributed by atoms with Crippen molar-refractivity contribution in [2.45, 2.75) is 32.9 Å². The lowest BCUT2D eigenvalue weighted by atomic mass is 10.1. The van der Waals surface area contributed by atoms with Gasteiger partial charge in [0.25, 0.3) is 0 Å². The predicted octanol–water partition coefficient (Wildman–Crippen LogP) is 4.15. The van der Waals surface area contributed by atoms with Gasteiger partial charge >= 0.3 is 6.09 Å². The SMILES string of the molecule is CC(C)(C)OC(=O)N1CCN(c2ccc3ccn(Cc4ccc(C#N)cc4F)c3n2)CC1. The molecule has 0 spiro atoms. The van der Waals surface area contributed by atoms with Crippen LogP contribution in [0.2, 0.25) is 0 Å². The van der Waals surface area contributed by atoms with Crippen LogP contribution in [0.4, 0.5) is 15.0 Å². The highest BCUT2D eigenvalue weighted by Gasteiger charge is 2.26. The zero-order chi connectivity index (χ0) is 22.9. The number of aromatic nitrogens is 2. The highest BCUT2D eigenvalue weighted by atomic mass is 19.1. The molecule has 7 nitrogen and oxygen atoms in total. The quantitative estimate of drug-likeness (QED) is 0.618. The van der Waals surface area contributed by atoms with Crippen LogP contribution in [-0.2, 0) is 11.3 Å². The third kappa shape index (κ3) is 4.67. The summed E-state index contributed by atoms with van der Waals surface area (Å²) in [6, 6.07) is 12.4. The molecule has 166 valence electrons. The maximum Gasteiger partial charge on any atom is 0.410 e. The van der Waals surface area contributed by atoms with E-state index in [0.717, 1.165) is 16.9 Å². The van der Waals surface area contributed by atoms with E-state index in [4.69, 9.17) is 15.0 Å². The van der Waals surface area contributed by atoms with Gasteiger partial charge in [-0.2, -0.15) is 5.26 Å². The number of nitriles is 1. The van der Waals surface area contributed by atoms with E-state index in [9.17, 15) is 9.18 Å². The molecule has 1 saturated heterocycles.